The number of rotatable bonds is 6. The van der Waals surface area contributed by atoms with Gasteiger partial charge in [0.15, 0.2) is 0 Å². The molecule has 2 N–H and O–H groups in total. The first kappa shape index (κ1) is 14.7. The maximum absolute atomic E-state index is 13.6. The van der Waals surface area contributed by atoms with Crippen LogP contribution in [0.3, 0.4) is 0 Å². The lowest BCUT2D eigenvalue weighted by Gasteiger charge is -2.13. The Morgan fingerprint density at radius 2 is 1.75 bits per heavy atom. The van der Waals surface area contributed by atoms with Gasteiger partial charge in [0, 0.05) is 6.04 Å². The predicted molar refractivity (Wildman–Crippen MR) is 82.1 cm³/mol. The Hall–Kier alpha value is -1.67. The van der Waals surface area contributed by atoms with Gasteiger partial charge in [-0.3, -0.25) is 0 Å². The highest BCUT2D eigenvalue weighted by Gasteiger charge is 2.10. The van der Waals surface area contributed by atoms with Crippen molar-refractivity contribution < 1.29 is 4.39 Å². The van der Waals surface area contributed by atoms with E-state index in [0.29, 0.717) is 12.0 Å². The van der Waals surface area contributed by atoms with Gasteiger partial charge >= 0.3 is 0 Å². The van der Waals surface area contributed by atoms with E-state index in [0.717, 1.165) is 12.0 Å². The molecule has 0 saturated heterocycles. The Labute approximate surface area is 120 Å². The zero-order chi connectivity index (χ0) is 14.4. The van der Waals surface area contributed by atoms with Gasteiger partial charge in [0.25, 0.3) is 0 Å². The van der Waals surface area contributed by atoms with Gasteiger partial charge in [0.2, 0.25) is 0 Å². The van der Waals surface area contributed by atoms with Crippen molar-refractivity contribution in [2.24, 2.45) is 5.73 Å². The fourth-order valence-electron chi connectivity index (χ4n) is 2.33. The topological polar surface area (TPSA) is 26.0 Å². The summed E-state index contributed by atoms with van der Waals surface area (Å²) in [7, 11) is 0. The highest BCUT2D eigenvalue weighted by atomic mass is 19.1. The van der Waals surface area contributed by atoms with Crippen molar-refractivity contribution in [1.82, 2.24) is 0 Å². The van der Waals surface area contributed by atoms with E-state index in [-0.39, 0.29) is 11.9 Å². The van der Waals surface area contributed by atoms with Crippen molar-refractivity contribution in [3.05, 3.63) is 71.0 Å². The van der Waals surface area contributed by atoms with E-state index in [2.05, 4.69) is 31.2 Å². The van der Waals surface area contributed by atoms with Crippen molar-refractivity contribution in [1.29, 1.82) is 0 Å². The average Bonchev–Trinajstić information content (AvgIpc) is 2.48. The minimum absolute atomic E-state index is 0.160. The molecule has 0 aromatic heterocycles. The second kappa shape index (κ2) is 7.20. The first-order valence-electron chi connectivity index (χ1n) is 7.28. The molecular weight excluding hydrogens is 249 g/mol. The molecule has 0 fully saturated rings. The van der Waals surface area contributed by atoms with Crippen molar-refractivity contribution in [3.8, 4) is 0 Å². The fourth-order valence-corrected chi connectivity index (χ4v) is 2.33. The van der Waals surface area contributed by atoms with Crippen LogP contribution in [0, 0.1) is 5.82 Å². The predicted octanol–water partition coefficient (Wildman–Crippen LogP) is 4.41. The summed E-state index contributed by atoms with van der Waals surface area (Å²) in [4.78, 5) is 0. The van der Waals surface area contributed by atoms with Crippen molar-refractivity contribution in [3.63, 3.8) is 0 Å². The molecule has 0 spiro atoms. The second-order valence-electron chi connectivity index (χ2n) is 5.25. The van der Waals surface area contributed by atoms with Gasteiger partial charge in [-0.05, 0) is 42.0 Å². The molecule has 1 unspecified atom stereocenters. The third-order valence-electron chi connectivity index (χ3n) is 3.62. The zero-order valence-electron chi connectivity index (χ0n) is 12.0. The largest absolute Gasteiger partial charge is 0.324 e. The Bertz CT molecular complexity index is 533. The normalized spacial score (nSPS) is 12.3. The minimum Gasteiger partial charge on any atom is -0.324 e. The summed E-state index contributed by atoms with van der Waals surface area (Å²) in [6.07, 6.45) is 4.05. The molecule has 20 heavy (non-hydrogen) atoms. The van der Waals surface area contributed by atoms with E-state index in [1.807, 2.05) is 6.07 Å². The molecule has 106 valence electrons. The molecule has 0 bridgehead atoms. The first-order valence-corrected chi connectivity index (χ1v) is 7.28. The lowest BCUT2D eigenvalue weighted by molar-refractivity contribution is 0.593. The Morgan fingerprint density at radius 3 is 2.40 bits per heavy atom. The SMILES string of the molecule is CCCCc1ccc(C(N)Cc2ccccc2F)cc1. The van der Waals surface area contributed by atoms with Gasteiger partial charge in [-0.25, -0.2) is 4.39 Å². The lowest BCUT2D eigenvalue weighted by atomic mass is 9.97. The summed E-state index contributed by atoms with van der Waals surface area (Å²) in [5.41, 5.74) is 9.26. The van der Waals surface area contributed by atoms with Crippen LogP contribution < -0.4 is 5.73 Å². The third-order valence-corrected chi connectivity index (χ3v) is 3.62. The Kier molecular flexibility index (Phi) is 5.31. The van der Waals surface area contributed by atoms with E-state index >= 15 is 0 Å². The number of aryl methyl sites for hydroxylation is 1. The Balaban J connectivity index is 2.02. The van der Waals surface area contributed by atoms with Crippen molar-refractivity contribution in [2.75, 3.05) is 0 Å². The van der Waals surface area contributed by atoms with E-state index in [1.54, 1.807) is 12.1 Å². The molecule has 2 aromatic carbocycles. The first-order chi connectivity index (χ1) is 9.70. The van der Waals surface area contributed by atoms with Gasteiger partial charge < -0.3 is 5.73 Å². The summed E-state index contributed by atoms with van der Waals surface area (Å²) in [6, 6.07) is 15.1. The highest BCUT2D eigenvalue weighted by Crippen LogP contribution is 2.19. The summed E-state index contributed by atoms with van der Waals surface area (Å²) < 4.78 is 13.6. The van der Waals surface area contributed by atoms with Crippen LogP contribution in [0.15, 0.2) is 48.5 Å². The average molecular weight is 271 g/mol. The third kappa shape index (κ3) is 3.91. The maximum atomic E-state index is 13.6. The van der Waals surface area contributed by atoms with Gasteiger partial charge in [-0.1, -0.05) is 55.8 Å². The van der Waals surface area contributed by atoms with E-state index in [9.17, 15) is 4.39 Å². The van der Waals surface area contributed by atoms with Gasteiger partial charge in [0.1, 0.15) is 5.82 Å². The standard InChI is InChI=1S/C18H22FN/c1-2-3-6-14-9-11-15(12-10-14)18(20)13-16-7-4-5-8-17(16)19/h4-5,7-12,18H,2-3,6,13,20H2,1H3. The second-order valence-corrected chi connectivity index (χ2v) is 5.25. The fraction of sp³-hybridized carbons (Fsp3) is 0.333. The summed E-state index contributed by atoms with van der Waals surface area (Å²) in [5.74, 6) is -0.178. The van der Waals surface area contributed by atoms with Gasteiger partial charge in [-0.2, -0.15) is 0 Å². The summed E-state index contributed by atoms with van der Waals surface area (Å²) in [6.45, 7) is 2.19. The van der Waals surface area contributed by atoms with E-state index in [1.165, 1.54) is 24.5 Å². The number of nitrogens with two attached hydrogens (primary N) is 1. The van der Waals surface area contributed by atoms with Crippen LogP contribution in [0.1, 0.15) is 42.5 Å². The molecule has 2 rings (SSSR count). The number of unbranched alkanes of at least 4 members (excludes halogenated alkanes) is 1. The van der Waals surface area contributed by atoms with Crippen LogP contribution in [-0.2, 0) is 12.8 Å². The quantitative estimate of drug-likeness (QED) is 0.827. The zero-order valence-corrected chi connectivity index (χ0v) is 12.0. The number of benzene rings is 2. The molecule has 0 saturated carbocycles. The molecule has 0 aliphatic rings. The molecule has 1 nitrogen and oxygen atoms in total. The number of halogens is 1. The van der Waals surface area contributed by atoms with Crippen LogP contribution in [0.25, 0.3) is 0 Å². The molecule has 2 heteroatoms. The molecule has 0 aliphatic carbocycles. The van der Waals surface area contributed by atoms with Crippen molar-refractivity contribution >= 4 is 0 Å². The summed E-state index contributed by atoms with van der Waals surface area (Å²) in [5, 5.41) is 0. The lowest BCUT2D eigenvalue weighted by Crippen LogP contribution is -2.14. The molecule has 0 amide bonds. The molecule has 0 radical (unpaired) electrons. The van der Waals surface area contributed by atoms with Crippen LogP contribution in [0.5, 0.6) is 0 Å². The Morgan fingerprint density at radius 1 is 1.05 bits per heavy atom. The molecule has 1 atom stereocenters. The number of hydrogen-bond donors (Lipinski definition) is 1. The monoisotopic (exact) mass is 271 g/mol. The van der Waals surface area contributed by atoms with Crippen LogP contribution in [0.2, 0.25) is 0 Å². The van der Waals surface area contributed by atoms with Gasteiger partial charge in [0.05, 0.1) is 0 Å². The molecular formula is C18H22FN. The van der Waals surface area contributed by atoms with Crippen LogP contribution in [0.4, 0.5) is 4.39 Å². The molecule has 2 aromatic rings. The van der Waals surface area contributed by atoms with E-state index < -0.39 is 0 Å². The molecule has 0 aliphatic heterocycles. The van der Waals surface area contributed by atoms with Crippen molar-refractivity contribution in [2.45, 2.75) is 38.6 Å². The minimum atomic E-state index is -0.178. The van der Waals surface area contributed by atoms with Crippen LogP contribution >= 0.6 is 0 Å². The van der Waals surface area contributed by atoms with E-state index in [4.69, 9.17) is 5.73 Å². The summed E-state index contributed by atoms with van der Waals surface area (Å²) >= 11 is 0. The maximum Gasteiger partial charge on any atom is 0.126 e. The number of hydrogen-bond acceptors (Lipinski definition) is 1. The highest BCUT2D eigenvalue weighted by molar-refractivity contribution is 5.27. The van der Waals surface area contributed by atoms with Crippen LogP contribution in [-0.4, -0.2) is 0 Å². The smallest absolute Gasteiger partial charge is 0.126 e. The molecule has 0 heterocycles. The van der Waals surface area contributed by atoms with Gasteiger partial charge in [-0.15, -0.1) is 0 Å².